The predicted molar refractivity (Wildman–Crippen MR) is 56.3 cm³/mol. The van der Waals surface area contributed by atoms with E-state index < -0.39 is 0 Å². The predicted octanol–water partition coefficient (Wildman–Crippen LogP) is -0.385. The lowest BCUT2D eigenvalue weighted by Gasteiger charge is -1.89. The molecule has 2 aromatic heterocycles. The Morgan fingerprint density at radius 3 is 2.73 bits per heavy atom. The molecular formula is C8H13N5O2. The summed E-state index contributed by atoms with van der Waals surface area (Å²) in [5.41, 5.74) is 5.65. The first kappa shape index (κ1) is 11.2. The molecule has 7 nitrogen and oxygen atoms in total. The number of fused-ring (bicyclic) bond motifs is 1. The van der Waals surface area contributed by atoms with Crippen molar-refractivity contribution in [1.82, 2.24) is 19.9 Å². The number of H-pyrrole nitrogens is 2. The van der Waals surface area contributed by atoms with Gasteiger partial charge in [-0.2, -0.15) is 4.98 Å². The van der Waals surface area contributed by atoms with Crippen molar-refractivity contribution in [3.63, 3.8) is 0 Å². The van der Waals surface area contributed by atoms with Gasteiger partial charge in [0.05, 0.1) is 6.33 Å². The Labute approximate surface area is 85.4 Å². The number of nitrogens with zero attached hydrogens (tertiary/aromatic N) is 2. The first-order valence-corrected chi connectivity index (χ1v) is 4.37. The number of hydrogen-bond acceptors (Lipinski definition) is 5. The van der Waals surface area contributed by atoms with Crippen molar-refractivity contribution < 1.29 is 5.11 Å². The van der Waals surface area contributed by atoms with E-state index in [-0.39, 0.29) is 17.6 Å². The largest absolute Gasteiger partial charge is 0.394 e. The van der Waals surface area contributed by atoms with E-state index in [1.54, 1.807) is 13.8 Å². The van der Waals surface area contributed by atoms with Crippen LogP contribution in [0, 0.1) is 0 Å². The molecule has 0 unspecified atom stereocenters. The minimum atomic E-state index is -0.301. The topological polar surface area (TPSA) is 121 Å². The van der Waals surface area contributed by atoms with Gasteiger partial charge in [-0.25, -0.2) is 4.98 Å². The van der Waals surface area contributed by atoms with Gasteiger partial charge in [0.25, 0.3) is 5.56 Å². The molecule has 2 heterocycles. The summed E-state index contributed by atoms with van der Waals surface area (Å²) in [6, 6.07) is 0. The number of nitrogens with two attached hydrogens (primary N) is 1. The van der Waals surface area contributed by atoms with Crippen molar-refractivity contribution in [2.24, 2.45) is 0 Å². The van der Waals surface area contributed by atoms with Crippen LogP contribution in [0.5, 0.6) is 0 Å². The standard InChI is InChI=1S/C5H5N5O.C3H8O/c6-5-9-3-2(4(11)10-5)7-1-8-3;1-3(2)4/h1H,(H4,6,7,8,9,10,11);3-4H,1-2H3. The van der Waals surface area contributed by atoms with E-state index in [9.17, 15) is 4.79 Å². The van der Waals surface area contributed by atoms with Gasteiger partial charge in [-0.05, 0) is 13.8 Å². The van der Waals surface area contributed by atoms with Gasteiger partial charge < -0.3 is 15.8 Å². The van der Waals surface area contributed by atoms with Crippen LogP contribution in [-0.2, 0) is 0 Å². The van der Waals surface area contributed by atoms with Crippen molar-refractivity contribution >= 4 is 17.1 Å². The van der Waals surface area contributed by atoms with Gasteiger partial charge in [-0.1, -0.05) is 0 Å². The number of aromatic nitrogens is 4. The zero-order chi connectivity index (χ0) is 11.4. The highest BCUT2D eigenvalue weighted by Gasteiger charge is 2.01. The van der Waals surface area contributed by atoms with Crippen LogP contribution in [0.25, 0.3) is 11.2 Å². The molecule has 2 rings (SSSR count). The second-order valence-electron chi connectivity index (χ2n) is 3.15. The summed E-state index contributed by atoms with van der Waals surface area (Å²) in [5, 5.41) is 8.06. The van der Waals surface area contributed by atoms with E-state index >= 15 is 0 Å². The van der Waals surface area contributed by atoms with Crippen LogP contribution >= 0.6 is 0 Å². The number of nitrogen functional groups attached to an aromatic ring is 1. The van der Waals surface area contributed by atoms with Crippen molar-refractivity contribution in [3.05, 3.63) is 16.7 Å². The Kier molecular flexibility index (Phi) is 3.40. The fraction of sp³-hybridized carbons (Fsp3) is 0.375. The molecule has 7 heteroatoms. The zero-order valence-electron chi connectivity index (χ0n) is 8.48. The molecule has 82 valence electrons. The number of anilines is 1. The van der Waals surface area contributed by atoms with E-state index in [0.717, 1.165) is 0 Å². The lowest BCUT2D eigenvalue weighted by Crippen LogP contribution is -2.10. The van der Waals surface area contributed by atoms with Gasteiger partial charge >= 0.3 is 0 Å². The third-order valence-corrected chi connectivity index (χ3v) is 1.31. The van der Waals surface area contributed by atoms with Gasteiger partial charge in [0.2, 0.25) is 5.95 Å². The van der Waals surface area contributed by atoms with E-state index in [1.165, 1.54) is 6.33 Å². The number of aliphatic hydroxyl groups is 1. The lowest BCUT2D eigenvalue weighted by atomic mass is 10.5. The third-order valence-electron chi connectivity index (χ3n) is 1.31. The summed E-state index contributed by atoms with van der Waals surface area (Å²) in [7, 11) is 0. The number of nitrogens with one attached hydrogen (secondary N) is 2. The lowest BCUT2D eigenvalue weighted by molar-refractivity contribution is 0.216. The number of hydrogen-bond donors (Lipinski definition) is 4. The van der Waals surface area contributed by atoms with Gasteiger partial charge in [0.1, 0.15) is 0 Å². The fourth-order valence-electron chi connectivity index (χ4n) is 0.860. The zero-order valence-corrected chi connectivity index (χ0v) is 8.48. The van der Waals surface area contributed by atoms with Crippen LogP contribution in [0.2, 0.25) is 0 Å². The average Bonchev–Trinajstić information content (AvgIpc) is 2.50. The summed E-state index contributed by atoms with van der Waals surface area (Å²) in [5.74, 6) is 0.0783. The highest BCUT2D eigenvalue weighted by Crippen LogP contribution is 1.98. The molecule has 0 bridgehead atoms. The first-order chi connectivity index (χ1) is 7.00. The second-order valence-corrected chi connectivity index (χ2v) is 3.15. The number of imidazole rings is 1. The van der Waals surface area contributed by atoms with Crippen LogP contribution in [0.4, 0.5) is 5.95 Å². The van der Waals surface area contributed by atoms with Crippen molar-refractivity contribution in [3.8, 4) is 0 Å². The highest BCUT2D eigenvalue weighted by molar-refractivity contribution is 5.69. The maximum atomic E-state index is 11.0. The fourth-order valence-corrected chi connectivity index (χ4v) is 0.860. The van der Waals surface area contributed by atoms with Crippen molar-refractivity contribution in [2.45, 2.75) is 20.0 Å². The quantitative estimate of drug-likeness (QED) is 0.473. The van der Waals surface area contributed by atoms with Gasteiger partial charge in [0, 0.05) is 6.10 Å². The molecule has 0 spiro atoms. The Hall–Kier alpha value is -1.89. The molecular weight excluding hydrogens is 198 g/mol. The molecule has 0 fully saturated rings. The Bertz CT molecular complexity index is 484. The minimum absolute atomic E-state index is 0.0783. The number of aromatic amines is 2. The second kappa shape index (κ2) is 4.56. The van der Waals surface area contributed by atoms with Crippen LogP contribution in [0.1, 0.15) is 13.8 Å². The molecule has 0 aliphatic rings. The summed E-state index contributed by atoms with van der Waals surface area (Å²) in [6.07, 6.45) is 1.23. The van der Waals surface area contributed by atoms with Crippen LogP contribution < -0.4 is 11.3 Å². The molecule has 5 N–H and O–H groups in total. The summed E-state index contributed by atoms with van der Waals surface area (Å²) < 4.78 is 0. The first-order valence-electron chi connectivity index (χ1n) is 4.37. The maximum absolute atomic E-state index is 11.0. The van der Waals surface area contributed by atoms with Gasteiger partial charge in [-0.15, -0.1) is 0 Å². The molecule has 2 aromatic rings. The maximum Gasteiger partial charge on any atom is 0.278 e. The molecule has 0 aliphatic carbocycles. The van der Waals surface area contributed by atoms with E-state index in [1.807, 2.05) is 0 Å². The molecule has 0 saturated heterocycles. The molecule has 15 heavy (non-hydrogen) atoms. The van der Waals surface area contributed by atoms with Gasteiger partial charge in [-0.3, -0.25) is 9.78 Å². The normalized spacial score (nSPS) is 10.1. The summed E-state index contributed by atoms with van der Waals surface area (Å²) >= 11 is 0. The van der Waals surface area contributed by atoms with E-state index in [2.05, 4.69) is 19.9 Å². The molecule has 0 amide bonds. The Morgan fingerprint density at radius 1 is 1.53 bits per heavy atom. The Balaban J connectivity index is 0.000000245. The highest BCUT2D eigenvalue weighted by atomic mass is 16.3. The SMILES string of the molecule is CC(C)O.Nc1nc2nc[nH]c2c(=O)[nH]1. The van der Waals surface area contributed by atoms with Gasteiger partial charge in [0.15, 0.2) is 11.2 Å². The monoisotopic (exact) mass is 211 g/mol. The molecule has 0 atom stereocenters. The smallest absolute Gasteiger partial charge is 0.278 e. The number of rotatable bonds is 0. The average molecular weight is 211 g/mol. The van der Waals surface area contributed by atoms with E-state index in [0.29, 0.717) is 11.2 Å². The molecule has 0 aliphatic heterocycles. The van der Waals surface area contributed by atoms with Crippen LogP contribution in [0.3, 0.4) is 0 Å². The molecule has 0 aromatic carbocycles. The van der Waals surface area contributed by atoms with Crippen molar-refractivity contribution in [2.75, 3.05) is 5.73 Å². The number of aliphatic hydroxyl groups excluding tert-OH is 1. The van der Waals surface area contributed by atoms with Crippen molar-refractivity contribution in [1.29, 1.82) is 0 Å². The third kappa shape index (κ3) is 3.06. The summed E-state index contributed by atoms with van der Waals surface area (Å²) in [6.45, 7) is 3.44. The van der Waals surface area contributed by atoms with Crippen LogP contribution in [0.15, 0.2) is 11.1 Å². The Morgan fingerprint density at radius 2 is 2.13 bits per heavy atom. The van der Waals surface area contributed by atoms with E-state index in [4.69, 9.17) is 10.8 Å². The van der Waals surface area contributed by atoms with Crippen LogP contribution in [-0.4, -0.2) is 31.1 Å². The summed E-state index contributed by atoms with van der Waals surface area (Å²) in [4.78, 5) is 23.5. The molecule has 0 radical (unpaired) electrons. The minimum Gasteiger partial charge on any atom is -0.394 e. The molecule has 0 saturated carbocycles.